The largest absolute Gasteiger partial charge is 0.352 e. The molecule has 0 amide bonds. The van der Waals surface area contributed by atoms with Gasteiger partial charge in [0.05, 0.1) is 6.54 Å². The van der Waals surface area contributed by atoms with E-state index in [0.717, 1.165) is 25.5 Å². The summed E-state index contributed by atoms with van der Waals surface area (Å²) in [6.45, 7) is 3.83. The molecule has 2 aromatic heterocycles. The average Bonchev–Trinajstić information content (AvgIpc) is 3.10. The van der Waals surface area contributed by atoms with Crippen molar-refractivity contribution in [1.82, 2.24) is 10.6 Å². The molecule has 0 aliphatic rings. The van der Waals surface area contributed by atoms with Crippen molar-refractivity contribution in [3.05, 3.63) is 44.3 Å². The maximum Gasteiger partial charge on any atom is 0.191 e. The molecule has 0 aliphatic carbocycles. The van der Waals surface area contributed by atoms with Crippen LogP contribution >= 0.6 is 22.7 Å². The summed E-state index contributed by atoms with van der Waals surface area (Å²) in [5, 5.41) is 10.9. The van der Waals surface area contributed by atoms with E-state index >= 15 is 0 Å². The average molecular weight is 293 g/mol. The summed E-state index contributed by atoms with van der Waals surface area (Å²) in [6.07, 6.45) is 1.11. The van der Waals surface area contributed by atoms with E-state index in [1.54, 1.807) is 18.4 Å². The molecule has 0 unspecified atom stereocenters. The van der Waals surface area contributed by atoms with Crippen LogP contribution in [0.5, 0.6) is 0 Å². The minimum Gasteiger partial charge on any atom is -0.352 e. The lowest BCUT2D eigenvalue weighted by atomic mass is 10.3. The summed E-state index contributed by atoms with van der Waals surface area (Å²) >= 11 is 3.57. The summed E-state index contributed by atoms with van der Waals surface area (Å²) in [7, 11) is 1.80. The van der Waals surface area contributed by atoms with Crippen LogP contribution in [-0.2, 0) is 19.5 Å². The third-order valence-electron chi connectivity index (χ3n) is 2.76. The molecule has 2 rings (SSSR count). The van der Waals surface area contributed by atoms with Crippen LogP contribution < -0.4 is 10.6 Å². The first-order valence-electron chi connectivity index (χ1n) is 6.35. The SMILES string of the molecule is CCc1ccc(CNC(=NC)NCc2ccsc2)s1. The second kappa shape index (κ2) is 7.31. The van der Waals surface area contributed by atoms with Crippen LogP contribution in [-0.4, -0.2) is 13.0 Å². The molecule has 5 heteroatoms. The molecule has 19 heavy (non-hydrogen) atoms. The van der Waals surface area contributed by atoms with Gasteiger partial charge in [0.1, 0.15) is 0 Å². The molecule has 0 aromatic carbocycles. The van der Waals surface area contributed by atoms with Gasteiger partial charge in [0.25, 0.3) is 0 Å². The van der Waals surface area contributed by atoms with E-state index in [1.165, 1.54) is 15.3 Å². The molecule has 0 aliphatic heterocycles. The third kappa shape index (κ3) is 4.36. The Kier molecular flexibility index (Phi) is 5.42. The van der Waals surface area contributed by atoms with Gasteiger partial charge in [-0.3, -0.25) is 4.99 Å². The third-order valence-corrected chi connectivity index (χ3v) is 4.72. The van der Waals surface area contributed by atoms with Gasteiger partial charge in [-0.1, -0.05) is 6.92 Å². The first-order valence-corrected chi connectivity index (χ1v) is 8.11. The zero-order chi connectivity index (χ0) is 13.5. The van der Waals surface area contributed by atoms with Gasteiger partial charge in [0, 0.05) is 23.3 Å². The van der Waals surface area contributed by atoms with Crippen molar-refractivity contribution in [1.29, 1.82) is 0 Å². The van der Waals surface area contributed by atoms with Crippen LogP contribution in [0.15, 0.2) is 34.0 Å². The molecule has 0 atom stereocenters. The lowest BCUT2D eigenvalue weighted by Crippen LogP contribution is -2.36. The Morgan fingerprint density at radius 3 is 2.58 bits per heavy atom. The van der Waals surface area contributed by atoms with Crippen molar-refractivity contribution in [2.45, 2.75) is 26.4 Å². The van der Waals surface area contributed by atoms with E-state index in [0.29, 0.717) is 0 Å². The van der Waals surface area contributed by atoms with Crippen LogP contribution in [0.3, 0.4) is 0 Å². The fraction of sp³-hybridized carbons (Fsp3) is 0.357. The summed E-state index contributed by atoms with van der Waals surface area (Å²) in [5.74, 6) is 0.845. The Labute approximate surface area is 122 Å². The highest BCUT2D eigenvalue weighted by atomic mass is 32.1. The molecule has 102 valence electrons. The summed E-state index contributed by atoms with van der Waals surface area (Å²) in [5.41, 5.74) is 1.29. The topological polar surface area (TPSA) is 36.4 Å². The van der Waals surface area contributed by atoms with E-state index < -0.39 is 0 Å². The van der Waals surface area contributed by atoms with E-state index in [2.05, 4.69) is 51.5 Å². The monoisotopic (exact) mass is 293 g/mol. The van der Waals surface area contributed by atoms with Gasteiger partial charge >= 0.3 is 0 Å². The van der Waals surface area contributed by atoms with Gasteiger partial charge in [0.2, 0.25) is 0 Å². The molecule has 3 nitrogen and oxygen atoms in total. The van der Waals surface area contributed by atoms with Crippen molar-refractivity contribution in [2.24, 2.45) is 4.99 Å². The second-order valence-electron chi connectivity index (χ2n) is 4.13. The van der Waals surface area contributed by atoms with Gasteiger partial charge in [-0.05, 0) is 40.9 Å². The predicted octanol–water partition coefficient (Wildman–Crippen LogP) is 3.24. The molecule has 0 saturated carbocycles. The number of hydrogen-bond donors (Lipinski definition) is 2. The Morgan fingerprint density at radius 2 is 1.95 bits per heavy atom. The Morgan fingerprint density at radius 1 is 1.16 bits per heavy atom. The number of aryl methyl sites for hydroxylation is 1. The van der Waals surface area contributed by atoms with E-state index in [4.69, 9.17) is 0 Å². The van der Waals surface area contributed by atoms with Gasteiger partial charge < -0.3 is 10.6 Å². The summed E-state index contributed by atoms with van der Waals surface area (Å²) < 4.78 is 0. The van der Waals surface area contributed by atoms with Crippen molar-refractivity contribution < 1.29 is 0 Å². The number of guanidine groups is 1. The van der Waals surface area contributed by atoms with Crippen molar-refractivity contribution in [2.75, 3.05) is 7.05 Å². The molecule has 2 N–H and O–H groups in total. The number of hydrogen-bond acceptors (Lipinski definition) is 3. The quantitative estimate of drug-likeness (QED) is 0.656. The van der Waals surface area contributed by atoms with Crippen LogP contribution in [0.4, 0.5) is 0 Å². The number of thiophene rings is 2. The molecule has 2 aromatic rings. The molecule has 0 bridgehead atoms. The zero-order valence-electron chi connectivity index (χ0n) is 11.3. The Hall–Kier alpha value is -1.33. The number of aliphatic imine (C=N–C) groups is 1. The fourth-order valence-electron chi connectivity index (χ4n) is 1.68. The lowest BCUT2D eigenvalue weighted by molar-refractivity contribution is 0.817. The first-order chi connectivity index (χ1) is 9.31. The van der Waals surface area contributed by atoms with Crippen molar-refractivity contribution in [3.8, 4) is 0 Å². The van der Waals surface area contributed by atoms with Crippen LogP contribution in [0.1, 0.15) is 22.2 Å². The summed E-state index contributed by atoms with van der Waals surface area (Å²) in [6, 6.07) is 6.50. The predicted molar refractivity (Wildman–Crippen MR) is 85.1 cm³/mol. The second-order valence-corrected chi connectivity index (χ2v) is 6.17. The van der Waals surface area contributed by atoms with E-state index in [-0.39, 0.29) is 0 Å². The minimum absolute atomic E-state index is 0.813. The Balaban J connectivity index is 1.79. The smallest absolute Gasteiger partial charge is 0.191 e. The molecule has 0 radical (unpaired) electrons. The Bertz CT molecular complexity index is 515. The number of rotatable bonds is 5. The highest BCUT2D eigenvalue weighted by molar-refractivity contribution is 7.12. The maximum atomic E-state index is 4.23. The van der Waals surface area contributed by atoms with E-state index in [1.807, 2.05) is 11.3 Å². The summed E-state index contributed by atoms with van der Waals surface area (Å²) in [4.78, 5) is 7.00. The van der Waals surface area contributed by atoms with Crippen LogP contribution in [0.2, 0.25) is 0 Å². The van der Waals surface area contributed by atoms with Gasteiger partial charge in [0.15, 0.2) is 5.96 Å². The number of nitrogens with one attached hydrogen (secondary N) is 2. The normalized spacial score (nSPS) is 11.6. The van der Waals surface area contributed by atoms with Crippen molar-refractivity contribution in [3.63, 3.8) is 0 Å². The van der Waals surface area contributed by atoms with Gasteiger partial charge in [-0.25, -0.2) is 0 Å². The molecule has 0 saturated heterocycles. The van der Waals surface area contributed by atoms with Crippen LogP contribution in [0, 0.1) is 0 Å². The standard InChI is InChI=1S/C14H19N3S2/c1-3-12-4-5-13(19-12)9-17-14(15-2)16-8-11-6-7-18-10-11/h4-7,10H,3,8-9H2,1-2H3,(H2,15,16,17). The zero-order valence-corrected chi connectivity index (χ0v) is 12.9. The molecular weight excluding hydrogens is 274 g/mol. The van der Waals surface area contributed by atoms with Crippen molar-refractivity contribution >= 4 is 28.6 Å². The fourth-order valence-corrected chi connectivity index (χ4v) is 3.24. The first kappa shape index (κ1) is 14.1. The highest BCUT2D eigenvalue weighted by Crippen LogP contribution is 2.16. The molecular formula is C14H19N3S2. The van der Waals surface area contributed by atoms with Crippen LogP contribution in [0.25, 0.3) is 0 Å². The highest BCUT2D eigenvalue weighted by Gasteiger charge is 2.01. The molecule has 0 fully saturated rings. The van der Waals surface area contributed by atoms with E-state index in [9.17, 15) is 0 Å². The lowest BCUT2D eigenvalue weighted by Gasteiger charge is -2.10. The number of nitrogens with zero attached hydrogens (tertiary/aromatic N) is 1. The van der Waals surface area contributed by atoms with Gasteiger partial charge in [-0.15, -0.1) is 11.3 Å². The minimum atomic E-state index is 0.813. The maximum absolute atomic E-state index is 4.23. The molecule has 2 heterocycles. The van der Waals surface area contributed by atoms with Gasteiger partial charge in [-0.2, -0.15) is 11.3 Å². The molecule has 0 spiro atoms.